The summed E-state index contributed by atoms with van der Waals surface area (Å²) in [4.78, 5) is 8.90. The summed E-state index contributed by atoms with van der Waals surface area (Å²) in [5.41, 5.74) is 0. The average Bonchev–Trinajstić information content (AvgIpc) is 2.88. The summed E-state index contributed by atoms with van der Waals surface area (Å²) in [6.07, 6.45) is -0.875. The number of rotatable bonds is 4. The second-order valence-electron chi connectivity index (χ2n) is 3.45. The third-order valence-corrected chi connectivity index (χ3v) is 1.80. The van der Waals surface area contributed by atoms with Crippen molar-refractivity contribution in [2.45, 2.75) is 32.4 Å². The predicted octanol–water partition coefficient (Wildman–Crippen LogP) is 2.03. The molecule has 3 nitrogen and oxygen atoms in total. The Morgan fingerprint density at radius 3 is 2.20 bits per heavy atom. The van der Waals surface area contributed by atoms with Crippen molar-refractivity contribution < 1.29 is 23.1 Å². The molecule has 0 saturated heterocycles. The molecule has 0 heterocycles. The van der Waals surface area contributed by atoms with Crippen molar-refractivity contribution in [1.82, 2.24) is 5.32 Å². The zero-order valence-corrected chi connectivity index (χ0v) is 8.60. The zero-order chi connectivity index (χ0) is 11.9. The van der Waals surface area contributed by atoms with E-state index in [2.05, 4.69) is 12.2 Å². The molecular formula is C9H16F3NO2. The second-order valence-corrected chi connectivity index (χ2v) is 3.45. The lowest BCUT2D eigenvalue weighted by molar-refractivity contribution is -0.192. The van der Waals surface area contributed by atoms with Crippen molar-refractivity contribution in [2.24, 2.45) is 5.92 Å². The molecule has 1 aliphatic rings. The molecule has 1 saturated carbocycles. The molecule has 1 aliphatic carbocycles. The maximum atomic E-state index is 10.6. The van der Waals surface area contributed by atoms with Gasteiger partial charge in [0.25, 0.3) is 0 Å². The fraction of sp³-hybridized carbons (Fsp3) is 0.889. The van der Waals surface area contributed by atoms with E-state index in [1.165, 1.54) is 32.4 Å². The van der Waals surface area contributed by atoms with E-state index in [1.54, 1.807) is 0 Å². The predicted molar refractivity (Wildman–Crippen MR) is 49.6 cm³/mol. The van der Waals surface area contributed by atoms with Gasteiger partial charge in [-0.3, -0.25) is 0 Å². The monoisotopic (exact) mass is 227 g/mol. The Morgan fingerprint density at radius 2 is 1.93 bits per heavy atom. The van der Waals surface area contributed by atoms with Crippen LogP contribution in [0.15, 0.2) is 0 Å². The standard InChI is InChI=1S/C7H15N.C2HF3O2/c1-2-5-8-6-7-3-4-7;3-2(4,5)1(6)7/h7-8H,2-6H2,1H3;(H,6,7). The highest BCUT2D eigenvalue weighted by Gasteiger charge is 2.38. The fourth-order valence-corrected chi connectivity index (χ4v) is 0.805. The van der Waals surface area contributed by atoms with E-state index in [9.17, 15) is 13.2 Å². The van der Waals surface area contributed by atoms with E-state index in [4.69, 9.17) is 9.90 Å². The van der Waals surface area contributed by atoms with E-state index in [-0.39, 0.29) is 0 Å². The van der Waals surface area contributed by atoms with Crippen molar-refractivity contribution >= 4 is 5.97 Å². The Kier molecular flexibility index (Phi) is 6.31. The highest BCUT2D eigenvalue weighted by atomic mass is 19.4. The minimum absolute atomic E-state index is 1.04. The summed E-state index contributed by atoms with van der Waals surface area (Å²) in [7, 11) is 0. The Bertz CT molecular complexity index is 190. The van der Waals surface area contributed by atoms with Gasteiger partial charge in [-0.2, -0.15) is 13.2 Å². The molecule has 1 rings (SSSR count). The molecule has 0 bridgehead atoms. The maximum absolute atomic E-state index is 10.6. The highest BCUT2D eigenvalue weighted by Crippen LogP contribution is 2.27. The van der Waals surface area contributed by atoms with Gasteiger partial charge in [-0.1, -0.05) is 6.92 Å². The van der Waals surface area contributed by atoms with Gasteiger partial charge in [0.05, 0.1) is 0 Å². The topological polar surface area (TPSA) is 49.3 Å². The van der Waals surface area contributed by atoms with Crippen molar-refractivity contribution in [3.63, 3.8) is 0 Å². The van der Waals surface area contributed by atoms with Crippen molar-refractivity contribution in [3.8, 4) is 0 Å². The average molecular weight is 227 g/mol. The summed E-state index contributed by atoms with van der Waals surface area (Å²) in [5, 5.41) is 10.5. The zero-order valence-electron chi connectivity index (χ0n) is 8.60. The molecule has 90 valence electrons. The van der Waals surface area contributed by atoms with Gasteiger partial charge in [0.15, 0.2) is 0 Å². The first kappa shape index (κ1) is 14.2. The molecule has 0 amide bonds. The molecule has 0 aromatic carbocycles. The van der Waals surface area contributed by atoms with Crippen molar-refractivity contribution in [1.29, 1.82) is 0 Å². The van der Waals surface area contributed by atoms with Crippen LogP contribution in [0.4, 0.5) is 13.2 Å². The van der Waals surface area contributed by atoms with Gasteiger partial charge in [0.1, 0.15) is 0 Å². The minimum atomic E-state index is -5.08. The molecule has 0 radical (unpaired) electrons. The Balaban J connectivity index is 0.000000265. The molecule has 0 unspecified atom stereocenters. The molecule has 0 aromatic heterocycles. The lowest BCUT2D eigenvalue weighted by Crippen LogP contribution is -2.21. The van der Waals surface area contributed by atoms with Gasteiger partial charge >= 0.3 is 12.1 Å². The highest BCUT2D eigenvalue weighted by molar-refractivity contribution is 5.73. The van der Waals surface area contributed by atoms with E-state index >= 15 is 0 Å². The fourth-order valence-electron chi connectivity index (χ4n) is 0.805. The number of aliphatic carboxylic acids is 1. The van der Waals surface area contributed by atoms with E-state index in [0.717, 1.165) is 5.92 Å². The van der Waals surface area contributed by atoms with Gasteiger partial charge < -0.3 is 10.4 Å². The Labute approximate surface area is 86.7 Å². The second kappa shape index (κ2) is 6.66. The van der Waals surface area contributed by atoms with Crippen LogP contribution in [0.25, 0.3) is 0 Å². The lowest BCUT2D eigenvalue weighted by atomic mass is 10.4. The smallest absolute Gasteiger partial charge is 0.475 e. The van der Waals surface area contributed by atoms with Crippen LogP contribution < -0.4 is 5.32 Å². The molecule has 15 heavy (non-hydrogen) atoms. The third kappa shape index (κ3) is 9.52. The summed E-state index contributed by atoms with van der Waals surface area (Å²) in [5.74, 6) is -1.71. The Morgan fingerprint density at radius 1 is 1.47 bits per heavy atom. The SMILES string of the molecule is CCCNCC1CC1.O=C(O)C(F)(F)F. The molecule has 0 aliphatic heterocycles. The normalized spacial score (nSPS) is 15.5. The van der Waals surface area contributed by atoms with Crippen LogP contribution in [-0.4, -0.2) is 30.3 Å². The van der Waals surface area contributed by atoms with Gasteiger partial charge in [0.2, 0.25) is 0 Å². The van der Waals surface area contributed by atoms with E-state index < -0.39 is 12.1 Å². The van der Waals surface area contributed by atoms with Crippen LogP contribution in [0.1, 0.15) is 26.2 Å². The van der Waals surface area contributed by atoms with Crippen LogP contribution in [0.2, 0.25) is 0 Å². The number of hydrogen-bond acceptors (Lipinski definition) is 2. The summed E-state index contributed by atoms with van der Waals surface area (Å²) < 4.78 is 31.7. The first-order valence-corrected chi connectivity index (χ1v) is 4.88. The number of alkyl halides is 3. The molecule has 6 heteroatoms. The molecule has 0 atom stereocenters. The lowest BCUT2D eigenvalue weighted by Gasteiger charge is -1.97. The largest absolute Gasteiger partial charge is 0.490 e. The molecular weight excluding hydrogens is 211 g/mol. The first-order valence-electron chi connectivity index (χ1n) is 4.88. The third-order valence-electron chi connectivity index (χ3n) is 1.80. The van der Waals surface area contributed by atoms with Crippen LogP contribution in [-0.2, 0) is 4.79 Å². The van der Waals surface area contributed by atoms with Crippen molar-refractivity contribution in [2.75, 3.05) is 13.1 Å². The number of carbonyl (C=O) groups is 1. The first-order chi connectivity index (χ1) is 6.88. The van der Waals surface area contributed by atoms with Gasteiger partial charge in [0, 0.05) is 0 Å². The number of carboxylic acids is 1. The number of halogens is 3. The summed E-state index contributed by atoms with van der Waals surface area (Å²) in [6, 6.07) is 0. The number of nitrogens with one attached hydrogen (secondary N) is 1. The maximum Gasteiger partial charge on any atom is 0.490 e. The molecule has 0 aromatic rings. The Hall–Kier alpha value is -0.780. The van der Waals surface area contributed by atoms with Crippen molar-refractivity contribution in [3.05, 3.63) is 0 Å². The van der Waals surface area contributed by atoms with Gasteiger partial charge in [-0.15, -0.1) is 0 Å². The van der Waals surface area contributed by atoms with Gasteiger partial charge in [-0.25, -0.2) is 4.79 Å². The molecule has 1 fully saturated rings. The summed E-state index contributed by atoms with van der Waals surface area (Å²) in [6.45, 7) is 4.68. The minimum Gasteiger partial charge on any atom is -0.475 e. The van der Waals surface area contributed by atoms with Crippen LogP contribution in [0, 0.1) is 5.92 Å². The number of hydrogen-bond donors (Lipinski definition) is 2. The van der Waals surface area contributed by atoms with Crippen LogP contribution in [0.3, 0.4) is 0 Å². The van der Waals surface area contributed by atoms with Crippen LogP contribution >= 0.6 is 0 Å². The van der Waals surface area contributed by atoms with E-state index in [1.807, 2.05) is 0 Å². The van der Waals surface area contributed by atoms with Gasteiger partial charge in [-0.05, 0) is 38.3 Å². The molecule has 0 spiro atoms. The number of carboxylic acid groups (broad SMARTS) is 1. The summed E-state index contributed by atoms with van der Waals surface area (Å²) >= 11 is 0. The molecule has 2 N–H and O–H groups in total. The van der Waals surface area contributed by atoms with E-state index in [0.29, 0.717) is 0 Å². The quantitative estimate of drug-likeness (QED) is 0.722. The van der Waals surface area contributed by atoms with Crippen LogP contribution in [0.5, 0.6) is 0 Å².